The van der Waals surface area contributed by atoms with Crippen molar-refractivity contribution in [2.45, 2.75) is 18.9 Å². The number of amides is 1. The number of benzene rings is 1. The molecule has 0 aliphatic carbocycles. The van der Waals surface area contributed by atoms with Crippen LogP contribution >= 0.6 is 11.6 Å². The molecule has 1 aromatic heterocycles. The minimum atomic E-state index is 0.165. The first-order valence-electron chi connectivity index (χ1n) is 7.86. The molecule has 1 amide bonds. The summed E-state index contributed by atoms with van der Waals surface area (Å²) in [6.45, 7) is 2.26. The van der Waals surface area contributed by atoms with Crippen molar-refractivity contribution in [3.8, 4) is 0 Å². The zero-order chi connectivity index (χ0) is 16.2. The minimum Gasteiger partial charge on any atom is -0.340 e. The Hall–Kier alpha value is -1.85. The maximum absolute atomic E-state index is 12.5. The van der Waals surface area contributed by atoms with Gasteiger partial charge in [0.15, 0.2) is 0 Å². The number of aromatic nitrogens is 2. The number of rotatable bonds is 4. The van der Waals surface area contributed by atoms with Gasteiger partial charge in [0.1, 0.15) is 5.82 Å². The number of nitrogens with one attached hydrogen (secondary N) is 1. The molecule has 1 saturated heterocycles. The lowest BCUT2D eigenvalue weighted by molar-refractivity contribution is -0.132. The van der Waals surface area contributed by atoms with Crippen molar-refractivity contribution >= 4 is 17.5 Å². The summed E-state index contributed by atoms with van der Waals surface area (Å²) in [4.78, 5) is 18.7. The van der Waals surface area contributed by atoms with Crippen molar-refractivity contribution in [1.29, 1.82) is 0 Å². The quantitative estimate of drug-likeness (QED) is 0.933. The van der Waals surface area contributed by atoms with Gasteiger partial charge in [0.2, 0.25) is 5.91 Å². The zero-order valence-electron chi connectivity index (χ0n) is 13.2. The number of hydrogen-bond donors (Lipinski definition) is 1. The van der Waals surface area contributed by atoms with Gasteiger partial charge in [-0.15, -0.1) is 0 Å². The SMILES string of the molecule is Cn1ccnc1CCC(=O)N1CCNC(c2ccc(Cl)cc2)C1. The van der Waals surface area contributed by atoms with Gasteiger partial charge in [-0.05, 0) is 17.7 Å². The van der Waals surface area contributed by atoms with Crippen LogP contribution < -0.4 is 5.32 Å². The summed E-state index contributed by atoms with van der Waals surface area (Å²) >= 11 is 5.94. The topological polar surface area (TPSA) is 50.2 Å². The third kappa shape index (κ3) is 3.92. The van der Waals surface area contributed by atoms with Gasteiger partial charge in [0.05, 0.1) is 0 Å². The van der Waals surface area contributed by atoms with Crippen LogP contribution in [-0.2, 0) is 18.3 Å². The van der Waals surface area contributed by atoms with Crippen LogP contribution in [0.4, 0.5) is 0 Å². The van der Waals surface area contributed by atoms with E-state index in [2.05, 4.69) is 10.3 Å². The molecule has 1 aliphatic rings. The first-order chi connectivity index (χ1) is 11.1. The van der Waals surface area contributed by atoms with Crippen LogP contribution in [0.1, 0.15) is 23.9 Å². The highest BCUT2D eigenvalue weighted by atomic mass is 35.5. The molecule has 1 N–H and O–H groups in total. The normalized spacial score (nSPS) is 18.2. The average molecular weight is 333 g/mol. The third-order valence-electron chi connectivity index (χ3n) is 4.28. The molecule has 1 fully saturated rings. The Bertz CT molecular complexity index is 667. The zero-order valence-corrected chi connectivity index (χ0v) is 14.0. The lowest BCUT2D eigenvalue weighted by atomic mass is 10.0. The molecule has 0 radical (unpaired) electrons. The molecule has 1 aromatic carbocycles. The number of piperazine rings is 1. The summed E-state index contributed by atoms with van der Waals surface area (Å²) in [5.41, 5.74) is 1.16. The van der Waals surface area contributed by atoms with E-state index in [0.717, 1.165) is 29.5 Å². The van der Waals surface area contributed by atoms with E-state index in [9.17, 15) is 4.79 Å². The Morgan fingerprint density at radius 3 is 2.87 bits per heavy atom. The fourth-order valence-electron chi connectivity index (χ4n) is 2.91. The van der Waals surface area contributed by atoms with Gasteiger partial charge in [-0.1, -0.05) is 23.7 Å². The van der Waals surface area contributed by atoms with Crippen molar-refractivity contribution < 1.29 is 4.79 Å². The van der Waals surface area contributed by atoms with Gasteiger partial charge in [0, 0.05) is 63.0 Å². The predicted molar refractivity (Wildman–Crippen MR) is 90.3 cm³/mol. The van der Waals surface area contributed by atoms with E-state index < -0.39 is 0 Å². The highest BCUT2D eigenvalue weighted by Gasteiger charge is 2.24. The second-order valence-corrected chi connectivity index (χ2v) is 6.29. The van der Waals surface area contributed by atoms with Crippen molar-refractivity contribution in [2.24, 2.45) is 7.05 Å². The summed E-state index contributed by atoms with van der Waals surface area (Å²) in [6, 6.07) is 7.97. The molecular formula is C17H21ClN4O. The predicted octanol–water partition coefficient (Wildman–Crippen LogP) is 2.18. The second-order valence-electron chi connectivity index (χ2n) is 5.85. The monoisotopic (exact) mass is 332 g/mol. The Morgan fingerprint density at radius 1 is 1.39 bits per heavy atom. The van der Waals surface area contributed by atoms with Gasteiger partial charge >= 0.3 is 0 Å². The first kappa shape index (κ1) is 16.0. The Balaban J connectivity index is 1.58. The van der Waals surface area contributed by atoms with Gasteiger partial charge in [-0.25, -0.2) is 4.98 Å². The summed E-state index contributed by atoms with van der Waals surface area (Å²) in [6.07, 6.45) is 4.85. The molecule has 3 rings (SSSR count). The van der Waals surface area contributed by atoms with Gasteiger partial charge < -0.3 is 14.8 Å². The van der Waals surface area contributed by atoms with Crippen LogP contribution in [0, 0.1) is 0 Å². The summed E-state index contributed by atoms with van der Waals surface area (Å²) in [7, 11) is 1.95. The molecule has 1 atom stereocenters. The highest BCUT2D eigenvalue weighted by Crippen LogP contribution is 2.20. The molecular weight excluding hydrogens is 312 g/mol. The molecule has 0 bridgehead atoms. The number of carbonyl (C=O) groups is 1. The average Bonchev–Trinajstić information content (AvgIpc) is 2.98. The largest absolute Gasteiger partial charge is 0.340 e. The van der Waals surface area contributed by atoms with Crippen LogP contribution in [0.2, 0.25) is 5.02 Å². The smallest absolute Gasteiger partial charge is 0.223 e. The van der Waals surface area contributed by atoms with Gasteiger partial charge in [-0.2, -0.15) is 0 Å². The van der Waals surface area contributed by atoms with Gasteiger partial charge in [0.25, 0.3) is 0 Å². The molecule has 23 heavy (non-hydrogen) atoms. The van der Waals surface area contributed by atoms with Crippen molar-refractivity contribution in [2.75, 3.05) is 19.6 Å². The second kappa shape index (κ2) is 7.15. The Kier molecular flexibility index (Phi) is 4.98. The maximum atomic E-state index is 12.5. The molecule has 2 heterocycles. The highest BCUT2D eigenvalue weighted by molar-refractivity contribution is 6.30. The number of carbonyl (C=O) groups excluding carboxylic acids is 1. The van der Waals surface area contributed by atoms with Crippen LogP contribution in [0.15, 0.2) is 36.7 Å². The van der Waals surface area contributed by atoms with E-state index in [1.165, 1.54) is 0 Å². The van der Waals surface area contributed by atoms with Crippen molar-refractivity contribution in [3.63, 3.8) is 0 Å². The van der Waals surface area contributed by atoms with Crippen LogP contribution in [-0.4, -0.2) is 40.0 Å². The Labute approximate surface area is 141 Å². The number of aryl methyl sites for hydroxylation is 2. The molecule has 1 aliphatic heterocycles. The van der Waals surface area contributed by atoms with E-state index in [1.807, 2.05) is 47.0 Å². The molecule has 2 aromatic rings. The molecule has 122 valence electrons. The van der Waals surface area contributed by atoms with E-state index in [0.29, 0.717) is 19.4 Å². The molecule has 5 nitrogen and oxygen atoms in total. The lowest BCUT2D eigenvalue weighted by Crippen LogP contribution is -2.48. The number of nitrogens with zero attached hydrogens (tertiary/aromatic N) is 3. The summed E-state index contributed by atoms with van der Waals surface area (Å²) < 4.78 is 1.96. The maximum Gasteiger partial charge on any atom is 0.223 e. The van der Waals surface area contributed by atoms with E-state index in [1.54, 1.807) is 6.20 Å². The molecule has 0 saturated carbocycles. The van der Waals surface area contributed by atoms with Crippen molar-refractivity contribution in [3.05, 3.63) is 53.1 Å². The minimum absolute atomic E-state index is 0.165. The van der Waals surface area contributed by atoms with E-state index in [-0.39, 0.29) is 11.9 Å². The fourth-order valence-corrected chi connectivity index (χ4v) is 3.04. The van der Waals surface area contributed by atoms with Crippen LogP contribution in [0.3, 0.4) is 0 Å². The molecule has 0 spiro atoms. The summed E-state index contributed by atoms with van der Waals surface area (Å²) in [5, 5.41) is 4.19. The lowest BCUT2D eigenvalue weighted by Gasteiger charge is -2.34. The Morgan fingerprint density at radius 2 is 2.17 bits per heavy atom. The van der Waals surface area contributed by atoms with Crippen LogP contribution in [0.5, 0.6) is 0 Å². The van der Waals surface area contributed by atoms with Crippen LogP contribution in [0.25, 0.3) is 0 Å². The number of imidazole rings is 1. The standard InChI is InChI=1S/C17H21ClN4O/c1-21-10-8-20-16(21)6-7-17(23)22-11-9-19-15(12-22)13-2-4-14(18)5-3-13/h2-5,8,10,15,19H,6-7,9,11-12H2,1H3. The number of hydrogen-bond acceptors (Lipinski definition) is 3. The molecule has 1 unspecified atom stereocenters. The van der Waals surface area contributed by atoms with Crippen molar-refractivity contribution in [1.82, 2.24) is 19.8 Å². The third-order valence-corrected chi connectivity index (χ3v) is 4.54. The molecule has 6 heteroatoms. The van der Waals surface area contributed by atoms with E-state index in [4.69, 9.17) is 11.6 Å². The van der Waals surface area contributed by atoms with E-state index >= 15 is 0 Å². The first-order valence-corrected chi connectivity index (χ1v) is 8.24. The number of halogens is 1. The fraction of sp³-hybridized carbons (Fsp3) is 0.412. The van der Waals surface area contributed by atoms with Gasteiger partial charge in [-0.3, -0.25) is 4.79 Å². The summed E-state index contributed by atoms with van der Waals surface area (Å²) in [5.74, 6) is 1.14.